The Kier molecular flexibility index (Phi) is 5.54. The summed E-state index contributed by atoms with van der Waals surface area (Å²) in [5.41, 5.74) is 1.54. The van der Waals surface area contributed by atoms with Crippen molar-refractivity contribution in [2.24, 2.45) is 21.9 Å². The first kappa shape index (κ1) is 21.9. The molecule has 8 nitrogen and oxygen atoms in total. The molecule has 0 saturated heterocycles. The molecule has 1 aromatic carbocycles. The molecular weight excluding hydrogens is 464 g/mol. The van der Waals surface area contributed by atoms with E-state index in [2.05, 4.69) is 26.3 Å². The van der Waals surface area contributed by atoms with Crippen LogP contribution in [0.5, 0.6) is 11.5 Å². The van der Waals surface area contributed by atoms with E-state index in [-0.39, 0.29) is 19.5 Å². The zero-order chi connectivity index (χ0) is 23.9. The van der Waals surface area contributed by atoms with Gasteiger partial charge in [-0.2, -0.15) is 5.10 Å². The molecule has 4 aliphatic rings. The lowest BCUT2D eigenvalue weighted by atomic mass is 10.1. The minimum absolute atomic E-state index is 0.112. The van der Waals surface area contributed by atoms with Gasteiger partial charge in [0.2, 0.25) is 6.29 Å². The fourth-order valence-corrected chi connectivity index (χ4v) is 4.68. The van der Waals surface area contributed by atoms with Crippen LogP contribution < -0.4 is 14.4 Å². The van der Waals surface area contributed by atoms with Crippen molar-refractivity contribution in [3.05, 3.63) is 35.8 Å². The van der Waals surface area contributed by atoms with E-state index in [9.17, 15) is 0 Å². The molecule has 9 heteroatoms. The van der Waals surface area contributed by atoms with E-state index in [0.29, 0.717) is 34.2 Å². The zero-order valence-electron chi connectivity index (χ0n) is 19.2. The molecule has 0 N–H and O–H groups in total. The number of amidine groups is 1. The molecule has 0 bridgehead atoms. The van der Waals surface area contributed by atoms with Crippen molar-refractivity contribution in [3.8, 4) is 36.2 Å². The summed E-state index contributed by atoms with van der Waals surface area (Å²) in [6, 6.07) is 5.68. The molecule has 1 unspecified atom stereocenters. The van der Waals surface area contributed by atoms with Gasteiger partial charge in [-0.25, -0.2) is 9.98 Å². The van der Waals surface area contributed by atoms with Gasteiger partial charge in [0, 0.05) is 18.7 Å². The number of rotatable bonds is 9. The number of hydrogen-bond acceptors (Lipinski definition) is 7. The molecule has 0 radical (unpaired) electrons. The molecule has 2 aliphatic carbocycles. The second kappa shape index (κ2) is 8.87. The maximum Gasteiger partial charge on any atom is 0.222 e. The second-order valence-electron chi connectivity index (χ2n) is 9.28. The normalized spacial score (nSPS) is 20.4. The Balaban J connectivity index is 1.42. The van der Waals surface area contributed by atoms with Crippen LogP contribution in [-0.4, -0.2) is 51.6 Å². The van der Waals surface area contributed by atoms with E-state index in [1.54, 1.807) is 0 Å². The van der Waals surface area contributed by atoms with Crippen LogP contribution in [-0.2, 0) is 6.54 Å². The molecule has 0 amide bonds. The summed E-state index contributed by atoms with van der Waals surface area (Å²) in [4.78, 5) is 11.6. The number of hydrogen-bond donors (Lipinski definition) is 0. The van der Waals surface area contributed by atoms with Crippen LogP contribution in [0.2, 0.25) is 0 Å². The second-order valence-corrected chi connectivity index (χ2v) is 9.64. The van der Waals surface area contributed by atoms with Crippen molar-refractivity contribution in [3.63, 3.8) is 0 Å². The molecule has 35 heavy (non-hydrogen) atoms. The van der Waals surface area contributed by atoms with Gasteiger partial charge in [-0.3, -0.25) is 9.91 Å². The highest BCUT2D eigenvalue weighted by molar-refractivity contribution is 6.70. The van der Waals surface area contributed by atoms with E-state index in [1.807, 2.05) is 29.5 Å². The number of hydrazone groups is 1. The van der Waals surface area contributed by atoms with Crippen molar-refractivity contribution in [2.75, 3.05) is 24.7 Å². The molecule has 1 atom stereocenters. The van der Waals surface area contributed by atoms with E-state index < -0.39 is 0 Å². The van der Waals surface area contributed by atoms with Crippen molar-refractivity contribution in [2.45, 2.75) is 38.5 Å². The van der Waals surface area contributed by atoms with Gasteiger partial charge in [-0.15, -0.1) is 12.8 Å². The van der Waals surface area contributed by atoms with Gasteiger partial charge in [0.25, 0.3) is 0 Å². The third kappa shape index (κ3) is 4.19. The lowest BCUT2D eigenvalue weighted by molar-refractivity contribution is 0.226. The van der Waals surface area contributed by atoms with Gasteiger partial charge in [-0.1, -0.05) is 23.4 Å². The van der Waals surface area contributed by atoms with Crippen molar-refractivity contribution < 1.29 is 9.47 Å². The summed E-state index contributed by atoms with van der Waals surface area (Å²) in [5, 5.41) is 7.50. The van der Waals surface area contributed by atoms with Crippen molar-refractivity contribution in [1.82, 2.24) is 14.6 Å². The van der Waals surface area contributed by atoms with Crippen molar-refractivity contribution in [1.29, 1.82) is 0 Å². The third-order valence-electron chi connectivity index (χ3n) is 6.53. The van der Waals surface area contributed by atoms with Crippen LogP contribution in [0.4, 0.5) is 5.82 Å². The monoisotopic (exact) mass is 488 g/mol. The molecule has 3 heterocycles. The van der Waals surface area contributed by atoms with Gasteiger partial charge in [-0.05, 0) is 55.7 Å². The van der Waals surface area contributed by atoms with E-state index >= 15 is 0 Å². The number of nitrogens with zero attached hydrogens (tertiary/aromatic N) is 6. The topological polar surface area (TPSA) is 67.5 Å². The predicted molar refractivity (Wildman–Crippen MR) is 135 cm³/mol. The summed E-state index contributed by atoms with van der Waals surface area (Å²) < 4.78 is 13.7. The molecule has 178 valence electrons. The highest BCUT2D eigenvalue weighted by Crippen LogP contribution is 2.41. The molecule has 2 saturated carbocycles. The van der Waals surface area contributed by atoms with Crippen LogP contribution >= 0.6 is 11.6 Å². The molecule has 2 aliphatic heterocycles. The number of fused-ring (bicyclic) bond motifs is 3. The number of imidazole rings is 1. The van der Waals surface area contributed by atoms with Gasteiger partial charge >= 0.3 is 0 Å². The average Bonchev–Trinajstić information content (AvgIpc) is 3.78. The van der Waals surface area contributed by atoms with Gasteiger partial charge in [0.05, 0.1) is 6.33 Å². The molecular formula is C26H25ClN6O2. The predicted octanol–water partition coefficient (Wildman–Crippen LogP) is 3.49. The zero-order valence-corrected chi connectivity index (χ0v) is 20.0. The molecule has 2 aromatic rings. The fourth-order valence-electron chi connectivity index (χ4n) is 4.46. The number of halogens is 1. The SMILES string of the molecule is C#CCOc1ccc(C2=NN(CC3CC3)C3N=C(Cl)c4ncn(CC5CC5)c4N23)cc1OCC#C. The summed E-state index contributed by atoms with van der Waals surface area (Å²) >= 11 is 6.64. The van der Waals surface area contributed by atoms with Crippen molar-refractivity contribution >= 4 is 28.4 Å². The van der Waals surface area contributed by atoms with Crippen LogP contribution in [0.25, 0.3) is 0 Å². The Bertz CT molecular complexity index is 1290. The van der Waals surface area contributed by atoms with Crippen LogP contribution in [0, 0.1) is 36.5 Å². The Morgan fingerprint density at radius 3 is 2.43 bits per heavy atom. The Hall–Kier alpha value is -3.62. The Morgan fingerprint density at radius 1 is 1.00 bits per heavy atom. The van der Waals surface area contributed by atoms with Crippen LogP contribution in [0.3, 0.4) is 0 Å². The largest absolute Gasteiger partial charge is 0.477 e. The smallest absolute Gasteiger partial charge is 0.222 e. The van der Waals surface area contributed by atoms with E-state index in [1.165, 1.54) is 25.7 Å². The first-order valence-electron chi connectivity index (χ1n) is 11.9. The summed E-state index contributed by atoms with van der Waals surface area (Å²) in [6.07, 6.45) is 17.2. The quantitative estimate of drug-likeness (QED) is 0.505. The lowest BCUT2D eigenvalue weighted by Crippen LogP contribution is -2.46. The lowest BCUT2D eigenvalue weighted by Gasteiger charge is -2.32. The first-order valence-corrected chi connectivity index (χ1v) is 12.2. The van der Waals surface area contributed by atoms with Gasteiger partial charge in [0.15, 0.2) is 22.5 Å². The Labute approximate surface area is 209 Å². The fraction of sp³-hybridized carbons (Fsp3) is 0.423. The number of anilines is 1. The number of aliphatic imine (C=N–C) groups is 1. The van der Waals surface area contributed by atoms with Gasteiger partial charge in [0.1, 0.15) is 24.7 Å². The number of aromatic nitrogens is 2. The summed E-state index contributed by atoms with van der Waals surface area (Å²) in [5.74, 6) is 9.02. The number of benzene rings is 1. The minimum atomic E-state index is -0.354. The van der Waals surface area contributed by atoms with Crippen LogP contribution in [0.15, 0.2) is 34.6 Å². The maximum absolute atomic E-state index is 6.64. The first-order chi connectivity index (χ1) is 17.2. The third-order valence-corrected chi connectivity index (χ3v) is 6.81. The number of ether oxygens (including phenoxy) is 2. The average molecular weight is 489 g/mol. The summed E-state index contributed by atoms with van der Waals surface area (Å²) in [6.45, 7) is 1.98. The number of terminal acetylenes is 2. The van der Waals surface area contributed by atoms with E-state index in [0.717, 1.165) is 30.3 Å². The molecule has 1 aromatic heterocycles. The standard InChI is InChI=1S/C26H25ClN6O2/c1-3-11-34-20-10-9-19(13-21(20)35-12-4-2)24-30-32(15-18-7-8-18)26-29-23(27)22-25(33(24)26)31(16-28-22)14-17-5-6-17/h1-2,9-10,13,16-18,26H,5-8,11-12,14-15H2. The molecule has 0 spiro atoms. The minimum Gasteiger partial charge on any atom is -0.477 e. The Morgan fingerprint density at radius 2 is 1.71 bits per heavy atom. The molecule has 2 fully saturated rings. The maximum atomic E-state index is 6.64. The van der Waals surface area contributed by atoms with Gasteiger partial charge < -0.3 is 14.0 Å². The van der Waals surface area contributed by atoms with Crippen LogP contribution in [0.1, 0.15) is 36.9 Å². The highest BCUT2D eigenvalue weighted by atomic mass is 35.5. The summed E-state index contributed by atoms with van der Waals surface area (Å²) in [7, 11) is 0. The molecule has 6 rings (SSSR count). The highest BCUT2D eigenvalue weighted by Gasteiger charge is 2.44. The van der Waals surface area contributed by atoms with E-state index in [4.69, 9.17) is 44.0 Å².